The lowest BCUT2D eigenvalue weighted by Gasteiger charge is -2.18. The number of halogens is 1. The molecular formula is C17H19FN4O. The van der Waals surface area contributed by atoms with Gasteiger partial charge in [-0.2, -0.15) is 0 Å². The minimum absolute atomic E-state index is 0.0827. The van der Waals surface area contributed by atoms with Crippen LogP contribution in [0.1, 0.15) is 43.2 Å². The van der Waals surface area contributed by atoms with E-state index in [1.807, 2.05) is 6.07 Å². The van der Waals surface area contributed by atoms with E-state index in [0.29, 0.717) is 12.1 Å². The minimum atomic E-state index is -0.249. The summed E-state index contributed by atoms with van der Waals surface area (Å²) in [5, 5.41) is 12.8. The van der Waals surface area contributed by atoms with E-state index in [9.17, 15) is 4.39 Å². The first-order valence-electron chi connectivity index (χ1n) is 8.04. The number of fused-ring (bicyclic) bond motifs is 2. The van der Waals surface area contributed by atoms with Crippen LogP contribution in [-0.4, -0.2) is 14.8 Å². The molecule has 0 saturated carbocycles. The first-order chi connectivity index (χ1) is 11.2. The van der Waals surface area contributed by atoms with Crippen molar-refractivity contribution >= 4 is 11.0 Å². The molecule has 2 aromatic heterocycles. The van der Waals surface area contributed by atoms with Gasteiger partial charge in [0.1, 0.15) is 28.8 Å². The van der Waals surface area contributed by atoms with E-state index in [-0.39, 0.29) is 11.9 Å². The van der Waals surface area contributed by atoms with Crippen molar-refractivity contribution in [2.45, 2.75) is 45.3 Å². The lowest BCUT2D eigenvalue weighted by atomic mass is 10.1. The second-order valence-corrected chi connectivity index (χ2v) is 6.08. The van der Waals surface area contributed by atoms with Crippen LogP contribution in [0.2, 0.25) is 0 Å². The van der Waals surface area contributed by atoms with Crippen molar-refractivity contribution in [2.24, 2.45) is 0 Å². The maximum atomic E-state index is 13.2. The Labute approximate surface area is 133 Å². The number of aromatic nitrogens is 3. The Hall–Kier alpha value is -2.21. The molecule has 0 fully saturated rings. The molecule has 3 aromatic rings. The van der Waals surface area contributed by atoms with Crippen LogP contribution in [0, 0.1) is 5.82 Å². The fourth-order valence-electron chi connectivity index (χ4n) is 3.15. The molecule has 1 aromatic carbocycles. The van der Waals surface area contributed by atoms with Gasteiger partial charge >= 0.3 is 0 Å². The number of rotatable bonds is 4. The Morgan fingerprint density at radius 2 is 2.22 bits per heavy atom. The Balaban J connectivity index is 1.48. The van der Waals surface area contributed by atoms with Crippen LogP contribution >= 0.6 is 0 Å². The molecule has 0 spiro atoms. The van der Waals surface area contributed by atoms with Crippen molar-refractivity contribution in [2.75, 3.05) is 0 Å². The summed E-state index contributed by atoms with van der Waals surface area (Å²) in [6.45, 7) is 3.64. The third-order valence-corrected chi connectivity index (χ3v) is 4.39. The zero-order valence-electron chi connectivity index (χ0n) is 13.1. The van der Waals surface area contributed by atoms with E-state index in [1.165, 1.54) is 25.0 Å². The zero-order valence-corrected chi connectivity index (χ0v) is 13.1. The van der Waals surface area contributed by atoms with Gasteiger partial charge in [-0.1, -0.05) is 0 Å². The Kier molecular flexibility index (Phi) is 3.61. The summed E-state index contributed by atoms with van der Waals surface area (Å²) in [5.74, 6) is 2.60. The van der Waals surface area contributed by atoms with Gasteiger partial charge in [-0.05, 0) is 44.0 Å². The predicted molar refractivity (Wildman–Crippen MR) is 84.4 cm³/mol. The molecule has 1 aliphatic heterocycles. The highest BCUT2D eigenvalue weighted by atomic mass is 19.1. The van der Waals surface area contributed by atoms with E-state index in [4.69, 9.17) is 4.42 Å². The number of furan rings is 1. The molecule has 0 bridgehead atoms. The quantitative estimate of drug-likeness (QED) is 0.802. The number of hydrogen-bond acceptors (Lipinski definition) is 4. The number of nitrogens with zero attached hydrogens (tertiary/aromatic N) is 3. The van der Waals surface area contributed by atoms with Crippen LogP contribution in [0.5, 0.6) is 0 Å². The van der Waals surface area contributed by atoms with Crippen molar-refractivity contribution in [3.63, 3.8) is 0 Å². The van der Waals surface area contributed by atoms with Gasteiger partial charge in [-0.3, -0.25) is 0 Å². The highest BCUT2D eigenvalue weighted by Gasteiger charge is 2.20. The second-order valence-electron chi connectivity index (χ2n) is 6.08. The van der Waals surface area contributed by atoms with Crippen molar-refractivity contribution in [3.8, 4) is 0 Å². The third-order valence-electron chi connectivity index (χ3n) is 4.39. The Bertz CT molecular complexity index is 838. The first kappa shape index (κ1) is 14.4. The molecule has 1 atom stereocenters. The summed E-state index contributed by atoms with van der Waals surface area (Å²) in [6.07, 6.45) is 3.38. The van der Waals surface area contributed by atoms with E-state index in [1.54, 1.807) is 6.07 Å². The van der Waals surface area contributed by atoms with Gasteiger partial charge in [0.25, 0.3) is 0 Å². The second kappa shape index (κ2) is 5.77. The largest absolute Gasteiger partial charge is 0.460 e. The predicted octanol–water partition coefficient (Wildman–Crippen LogP) is 3.35. The molecule has 1 aliphatic rings. The van der Waals surface area contributed by atoms with Crippen LogP contribution in [0.15, 0.2) is 28.7 Å². The highest BCUT2D eigenvalue weighted by molar-refractivity contribution is 5.77. The molecule has 6 heteroatoms. The molecule has 5 nitrogen and oxygen atoms in total. The molecule has 4 rings (SSSR count). The van der Waals surface area contributed by atoms with Crippen molar-refractivity contribution in [1.29, 1.82) is 0 Å². The molecule has 0 amide bonds. The van der Waals surface area contributed by atoms with Gasteiger partial charge in [0.05, 0.1) is 12.6 Å². The Morgan fingerprint density at radius 1 is 1.30 bits per heavy atom. The zero-order chi connectivity index (χ0) is 15.8. The van der Waals surface area contributed by atoms with Gasteiger partial charge in [0, 0.05) is 18.4 Å². The van der Waals surface area contributed by atoms with Gasteiger partial charge in [-0.25, -0.2) is 4.39 Å². The van der Waals surface area contributed by atoms with Crippen molar-refractivity contribution in [3.05, 3.63) is 47.5 Å². The van der Waals surface area contributed by atoms with Gasteiger partial charge in [0.15, 0.2) is 0 Å². The van der Waals surface area contributed by atoms with Gasteiger partial charge in [0.2, 0.25) is 0 Å². The van der Waals surface area contributed by atoms with Gasteiger partial charge in [-0.15, -0.1) is 10.2 Å². The maximum Gasteiger partial charge on any atom is 0.149 e. The average Bonchev–Trinajstić information content (AvgIpc) is 3.15. The molecular weight excluding hydrogens is 295 g/mol. The SMILES string of the molecule is C[C@@H](NCc1cc2cc(F)ccc2o1)c1nnc2n1CCCC2. The van der Waals surface area contributed by atoms with Crippen molar-refractivity contribution in [1.82, 2.24) is 20.1 Å². The molecule has 1 N–H and O–H groups in total. The first-order valence-corrected chi connectivity index (χ1v) is 8.04. The molecule has 120 valence electrons. The van der Waals surface area contributed by atoms with Crippen LogP contribution in [0.3, 0.4) is 0 Å². The van der Waals surface area contributed by atoms with Crippen LogP contribution in [0.25, 0.3) is 11.0 Å². The number of benzene rings is 1. The monoisotopic (exact) mass is 314 g/mol. The highest BCUT2D eigenvalue weighted by Crippen LogP contribution is 2.22. The number of hydrogen-bond donors (Lipinski definition) is 1. The lowest BCUT2D eigenvalue weighted by molar-refractivity contribution is 0.442. The summed E-state index contributed by atoms with van der Waals surface area (Å²) in [6, 6.07) is 6.51. The van der Waals surface area contributed by atoms with Crippen molar-refractivity contribution < 1.29 is 8.81 Å². The third kappa shape index (κ3) is 2.74. The smallest absolute Gasteiger partial charge is 0.149 e. The molecule has 0 radical (unpaired) electrons. The van der Waals surface area contributed by atoms with E-state index < -0.39 is 0 Å². The topological polar surface area (TPSA) is 55.9 Å². The molecule has 3 heterocycles. The standard InChI is InChI=1S/C17H19FN4O/c1-11(17-21-20-16-4-2-3-7-22(16)17)19-10-14-9-12-8-13(18)5-6-15(12)23-14/h5-6,8-9,11,19H,2-4,7,10H2,1H3/t11-/m1/s1. The molecule has 23 heavy (non-hydrogen) atoms. The molecule has 0 aliphatic carbocycles. The van der Waals surface area contributed by atoms with Gasteiger partial charge < -0.3 is 14.3 Å². The fraction of sp³-hybridized carbons (Fsp3) is 0.412. The molecule has 0 saturated heterocycles. The van der Waals surface area contributed by atoms with Crippen LogP contribution in [-0.2, 0) is 19.5 Å². The lowest BCUT2D eigenvalue weighted by Crippen LogP contribution is -2.23. The van der Waals surface area contributed by atoms with E-state index in [2.05, 4.69) is 27.0 Å². The average molecular weight is 314 g/mol. The number of nitrogens with one attached hydrogen (secondary N) is 1. The summed E-state index contributed by atoms with van der Waals surface area (Å²) in [7, 11) is 0. The van der Waals surface area contributed by atoms with E-state index in [0.717, 1.165) is 35.8 Å². The van der Waals surface area contributed by atoms with E-state index >= 15 is 0 Å². The van der Waals surface area contributed by atoms with Crippen LogP contribution < -0.4 is 5.32 Å². The molecule has 0 unspecified atom stereocenters. The van der Waals surface area contributed by atoms with Crippen LogP contribution in [0.4, 0.5) is 4.39 Å². The minimum Gasteiger partial charge on any atom is -0.460 e. The summed E-state index contributed by atoms with van der Waals surface area (Å²) in [5.41, 5.74) is 0.704. The summed E-state index contributed by atoms with van der Waals surface area (Å²) >= 11 is 0. The Morgan fingerprint density at radius 3 is 3.13 bits per heavy atom. The maximum absolute atomic E-state index is 13.2. The normalized spacial score (nSPS) is 15.7. The number of aryl methyl sites for hydroxylation is 1. The fourth-order valence-corrected chi connectivity index (χ4v) is 3.15. The summed E-state index contributed by atoms with van der Waals surface area (Å²) in [4.78, 5) is 0. The summed E-state index contributed by atoms with van der Waals surface area (Å²) < 4.78 is 21.2.